The molecule has 0 saturated heterocycles. The number of rotatable bonds is 2. The van der Waals surface area contributed by atoms with Gasteiger partial charge in [0.2, 0.25) is 0 Å². The van der Waals surface area contributed by atoms with E-state index in [1.165, 1.54) is 24.3 Å². The Bertz CT molecular complexity index is 1460. The molecule has 0 aliphatic carbocycles. The zero-order valence-electron chi connectivity index (χ0n) is 16.9. The molecule has 0 spiro atoms. The Morgan fingerprint density at radius 2 is 1.19 bits per heavy atom. The highest BCUT2D eigenvalue weighted by Crippen LogP contribution is 2.30. The summed E-state index contributed by atoms with van der Waals surface area (Å²) in [4.78, 5) is 9.44. The highest BCUT2D eigenvalue weighted by atomic mass is 19.1. The summed E-state index contributed by atoms with van der Waals surface area (Å²) in [6.07, 6.45) is 0. The van der Waals surface area contributed by atoms with Crippen LogP contribution in [0.15, 0.2) is 97.1 Å². The van der Waals surface area contributed by atoms with E-state index in [1.807, 2.05) is 48.5 Å². The summed E-state index contributed by atoms with van der Waals surface area (Å²) in [5, 5.41) is 0.808. The largest absolute Gasteiger partial charge is 0.228 e. The minimum Gasteiger partial charge on any atom is -0.228 e. The van der Waals surface area contributed by atoms with Gasteiger partial charge in [-0.3, -0.25) is 0 Å². The van der Waals surface area contributed by atoms with Gasteiger partial charge >= 0.3 is 0 Å². The average Bonchev–Trinajstić information content (AvgIpc) is 2.84. The van der Waals surface area contributed by atoms with E-state index in [2.05, 4.69) is 16.8 Å². The Hall–Kier alpha value is -4.36. The molecule has 0 unspecified atom stereocenters. The molecular weight excluding hydrogens is 402 g/mol. The van der Waals surface area contributed by atoms with Crippen molar-refractivity contribution in [3.05, 3.63) is 120 Å². The molecule has 0 N–H and O–H groups in total. The van der Waals surface area contributed by atoms with Gasteiger partial charge in [0.1, 0.15) is 11.6 Å². The van der Waals surface area contributed by atoms with Crippen molar-refractivity contribution >= 4 is 10.9 Å². The molecule has 4 aromatic carbocycles. The minimum atomic E-state index is -0.324. The summed E-state index contributed by atoms with van der Waals surface area (Å²) >= 11 is 0. The molecule has 0 saturated carbocycles. The Labute approximate surface area is 184 Å². The van der Waals surface area contributed by atoms with Crippen molar-refractivity contribution in [1.29, 1.82) is 0 Å². The van der Waals surface area contributed by atoms with Crippen LogP contribution < -0.4 is 0 Å². The normalized spacial score (nSPS) is 10.6. The van der Waals surface area contributed by atoms with Crippen LogP contribution in [0.2, 0.25) is 0 Å². The van der Waals surface area contributed by atoms with E-state index in [1.54, 1.807) is 24.3 Å². The molecule has 5 rings (SSSR count). The van der Waals surface area contributed by atoms with Crippen molar-refractivity contribution in [2.45, 2.75) is 0 Å². The third kappa shape index (κ3) is 4.10. The van der Waals surface area contributed by atoms with Crippen molar-refractivity contribution in [2.24, 2.45) is 0 Å². The second-order valence-electron chi connectivity index (χ2n) is 7.26. The van der Waals surface area contributed by atoms with Crippen LogP contribution in [0.4, 0.5) is 8.78 Å². The molecule has 32 heavy (non-hydrogen) atoms. The molecule has 4 heteroatoms. The maximum Gasteiger partial charge on any atom is 0.160 e. The van der Waals surface area contributed by atoms with E-state index in [0.29, 0.717) is 17.1 Å². The number of fused-ring (bicyclic) bond motifs is 1. The monoisotopic (exact) mass is 418 g/mol. The van der Waals surface area contributed by atoms with Crippen molar-refractivity contribution < 1.29 is 8.78 Å². The molecule has 152 valence electrons. The van der Waals surface area contributed by atoms with Crippen LogP contribution in [0.3, 0.4) is 0 Å². The van der Waals surface area contributed by atoms with E-state index in [9.17, 15) is 8.78 Å². The van der Waals surface area contributed by atoms with Gasteiger partial charge in [-0.25, -0.2) is 18.7 Å². The van der Waals surface area contributed by atoms with Crippen LogP contribution in [0.25, 0.3) is 33.5 Å². The van der Waals surface area contributed by atoms with Gasteiger partial charge in [0.05, 0.1) is 11.2 Å². The number of halogens is 2. The van der Waals surface area contributed by atoms with Gasteiger partial charge in [-0.1, -0.05) is 30.0 Å². The Morgan fingerprint density at radius 1 is 0.562 bits per heavy atom. The third-order valence-electron chi connectivity index (χ3n) is 5.04. The second kappa shape index (κ2) is 8.41. The van der Waals surface area contributed by atoms with Crippen molar-refractivity contribution in [2.75, 3.05) is 0 Å². The number of hydrogen-bond acceptors (Lipinski definition) is 2. The molecule has 5 aromatic rings. The Kier molecular flexibility index (Phi) is 5.15. The predicted octanol–water partition coefficient (Wildman–Crippen LogP) is 6.64. The van der Waals surface area contributed by atoms with Gasteiger partial charge < -0.3 is 0 Å². The standard InChI is InChI=1S/C28H16F2N2/c29-23-13-9-21(10-14-23)27-25-18-20(7-6-19-4-2-1-3-5-19)8-17-26(25)31-28(32-27)22-11-15-24(30)16-12-22/h1-5,8-18H. The van der Waals surface area contributed by atoms with E-state index in [-0.39, 0.29) is 11.6 Å². The molecule has 0 amide bonds. The summed E-state index contributed by atoms with van der Waals surface area (Å²) in [6, 6.07) is 27.7. The molecule has 0 atom stereocenters. The molecule has 0 fully saturated rings. The summed E-state index contributed by atoms with van der Waals surface area (Å²) in [6.45, 7) is 0. The zero-order valence-corrected chi connectivity index (χ0v) is 16.9. The number of hydrogen-bond donors (Lipinski definition) is 0. The van der Waals surface area contributed by atoms with Crippen molar-refractivity contribution in [3.8, 4) is 34.5 Å². The summed E-state index contributed by atoms with van der Waals surface area (Å²) in [5.74, 6) is 6.17. The average molecular weight is 418 g/mol. The van der Waals surface area contributed by atoms with Gasteiger partial charge in [0, 0.05) is 27.6 Å². The highest BCUT2D eigenvalue weighted by Gasteiger charge is 2.12. The van der Waals surface area contributed by atoms with Gasteiger partial charge in [-0.05, 0) is 78.9 Å². The van der Waals surface area contributed by atoms with Gasteiger partial charge in [-0.2, -0.15) is 0 Å². The molecular formula is C28H16F2N2. The number of nitrogens with zero attached hydrogens (tertiary/aromatic N) is 2. The lowest BCUT2D eigenvalue weighted by atomic mass is 10.0. The first-order chi connectivity index (χ1) is 15.7. The van der Waals surface area contributed by atoms with Crippen LogP contribution in [-0.2, 0) is 0 Å². The molecule has 2 nitrogen and oxygen atoms in total. The Morgan fingerprint density at radius 3 is 1.88 bits per heavy atom. The smallest absolute Gasteiger partial charge is 0.160 e. The minimum absolute atomic E-state index is 0.319. The molecule has 0 aliphatic heterocycles. The maximum atomic E-state index is 13.5. The molecule has 0 bridgehead atoms. The first kappa shape index (κ1) is 19.6. The molecule has 1 aromatic heterocycles. The molecule has 1 heterocycles. The lowest BCUT2D eigenvalue weighted by Gasteiger charge is -2.10. The molecule has 0 radical (unpaired) electrons. The highest BCUT2D eigenvalue weighted by molar-refractivity contribution is 5.94. The molecule has 0 aliphatic rings. The number of aromatic nitrogens is 2. The maximum absolute atomic E-state index is 13.5. The van der Waals surface area contributed by atoms with Gasteiger partial charge in [0.25, 0.3) is 0 Å². The topological polar surface area (TPSA) is 25.8 Å². The summed E-state index contributed by atoms with van der Waals surface area (Å²) < 4.78 is 26.9. The van der Waals surface area contributed by atoms with Crippen LogP contribution in [0.5, 0.6) is 0 Å². The van der Waals surface area contributed by atoms with Gasteiger partial charge in [0.15, 0.2) is 5.82 Å². The number of benzene rings is 4. The predicted molar refractivity (Wildman–Crippen MR) is 123 cm³/mol. The quantitative estimate of drug-likeness (QED) is 0.300. The van der Waals surface area contributed by atoms with E-state index >= 15 is 0 Å². The fourth-order valence-corrected chi connectivity index (χ4v) is 3.43. The first-order valence-corrected chi connectivity index (χ1v) is 10.1. The van der Waals surface area contributed by atoms with E-state index < -0.39 is 0 Å². The van der Waals surface area contributed by atoms with Crippen LogP contribution in [-0.4, -0.2) is 9.97 Å². The SMILES string of the molecule is Fc1ccc(-c2nc(-c3ccc(F)cc3)c3cc(C#Cc4ccccc4)ccc3n2)cc1. The van der Waals surface area contributed by atoms with Crippen molar-refractivity contribution in [3.63, 3.8) is 0 Å². The fourth-order valence-electron chi connectivity index (χ4n) is 3.43. The second-order valence-corrected chi connectivity index (χ2v) is 7.26. The summed E-state index contributed by atoms with van der Waals surface area (Å²) in [7, 11) is 0. The van der Waals surface area contributed by atoms with Crippen LogP contribution >= 0.6 is 0 Å². The van der Waals surface area contributed by atoms with Crippen molar-refractivity contribution in [1.82, 2.24) is 9.97 Å². The third-order valence-corrected chi connectivity index (χ3v) is 5.04. The van der Waals surface area contributed by atoms with E-state index in [4.69, 9.17) is 4.98 Å². The van der Waals surface area contributed by atoms with E-state index in [0.717, 1.165) is 27.6 Å². The van der Waals surface area contributed by atoms with Crippen LogP contribution in [0, 0.1) is 23.5 Å². The zero-order chi connectivity index (χ0) is 21.9. The van der Waals surface area contributed by atoms with Gasteiger partial charge in [-0.15, -0.1) is 0 Å². The lowest BCUT2D eigenvalue weighted by molar-refractivity contribution is 0.627. The first-order valence-electron chi connectivity index (χ1n) is 10.1. The lowest BCUT2D eigenvalue weighted by Crippen LogP contribution is -1.96. The summed E-state index contributed by atoms with van der Waals surface area (Å²) in [5.41, 5.74) is 4.60. The Balaban J connectivity index is 1.68. The van der Waals surface area contributed by atoms with Crippen LogP contribution in [0.1, 0.15) is 11.1 Å². The fraction of sp³-hybridized carbons (Fsp3) is 0.